The quantitative estimate of drug-likeness (QED) is 0.351. The van der Waals surface area contributed by atoms with Crippen molar-refractivity contribution in [2.75, 3.05) is 14.2 Å². The van der Waals surface area contributed by atoms with Crippen molar-refractivity contribution in [2.24, 2.45) is 0 Å². The van der Waals surface area contributed by atoms with Crippen LogP contribution in [0.4, 0.5) is 0 Å². The third-order valence-electron chi connectivity index (χ3n) is 3.91. The molecular weight excluding hydrogens is 394 g/mol. The van der Waals surface area contributed by atoms with Gasteiger partial charge in [-0.25, -0.2) is 0 Å². The van der Waals surface area contributed by atoms with E-state index in [1.807, 2.05) is 25.1 Å². The molecule has 0 N–H and O–H groups in total. The molecule has 0 heterocycles. The number of carbonyl (C=O) groups excluding carboxylic acids is 1. The molecule has 0 saturated heterocycles. The molecular formula is C20H25ClLiO5P. The summed E-state index contributed by atoms with van der Waals surface area (Å²) in [5, 5.41) is 1.20. The van der Waals surface area contributed by atoms with Crippen LogP contribution >= 0.6 is 20.2 Å². The molecule has 5 nitrogen and oxygen atoms in total. The molecule has 3 atom stereocenters. The fourth-order valence-corrected chi connectivity index (χ4v) is 3.86. The summed E-state index contributed by atoms with van der Waals surface area (Å²) >= 11 is 6.23. The Balaban J connectivity index is 0.00000392. The number of benzene rings is 2. The minimum absolute atomic E-state index is 0. The van der Waals surface area contributed by atoms with Gasteiger partial charge in [-0.1, -0.05) is 23.7 Å². The van der Waals surface area contributed by atoms with E-state index in [1.54, 1.807) is 46.3 Å². The van der Waals surface area contributed by atoms with Crippen molar-refractivity contribution in [3.05, 3.63) is 52.5 Å². The van der Waals surface area contributed by atoms with E-state index in [-0.39, 0.29) is 33.0 Å². The molecule has 28 heavy (non-hydrogen) atoms. The zero-order valence-corrected chi connectivity index (χ0v) is 17.8. The predicted octanol–water partition coefficient (Wildman–Crippen LogP) is 3.89. The fourth-order valence-electron chi connectivity index (χ4n) is 2.35. The normalized spacial score (nSPS) is 13.1. The van der Waals surface area contributed by atoms with E-state index in [1.165, 1.54) is 0 Å². The van der Waals surface area contributed by atoms with Crippen LogP contribution < -0.4 is 14.8 Å². The van der Waals surface area contributed by atoms with Crippen molar-refractivity contribution in [3.8, 4) is 11.5 Å². The van der Waals surface area contributed by atoms with Gasteiger partial charge in [-0.3, -0.25) is 4.79 Å². The van der Waals surface area contributed by atoms with Gasteiger partial charge in [-0.15, -0.1) is 0 Å². The number of aryl methyl sites for hydroxylation is 1. The Kier molecular flexibility index (Phi) is 10.6. The molecule has 0 amide bonds. The van der Waals surface area contributed by atoms with E-state index in [0.29, 0.717) is 22.1 Å². The number of methoxy groups -OCH3 is 2. The third-order valence-corrected chi connectivity index (χ3v) is 5.38. The van der Waals surface area contributed by atoms with Gasteiger partial charge in [-0.2, -0.15) is 0 Å². The van der Waals surface area contributed by atoms with Crippen molar-refractivity contribution in [1.29, 1.82) is 0 Å². The molecule has 0 aromatic heterocycles. The minimum atomic E-state index is -0.471. The van der Waals surface area contributed by atoms with Gasteiger partial charge in [-0.05, 0) is 53.1 Å². The van der Waals surface area contributed by atoms with E-state index in [2.05, 4.69) is 0 Å². The van der Waals surface area contributed by atoms with Crippen LogP contribution in [0.15, 0.2) is 36.4 Å². The van der Waals surface area contributed by atoms with Gasteiger partial charge < -0.3 is 18.9 Å². The molecule has 2 aromatic carbocycles. The van der Waals surface area contributed by atoms with Crippen molar-refractivity contribution >= 4 is 49.9 Å². The van der Waals surface area contributed by atoms with Gasteiger partial charge >= 0.3 is 18.9 Å². The van der Waals surface area contributed by atoms with Crippen LogP contribution in [-0.2, 0) is 9.47 Å². The molecule has 148 valence electrons. The number of rotatable bonds is 9. The number of hydrogen-bond acceptors (Lipinski definition) is 5. The molecule has 8 heteroatoms. The Morgan fingerprint density at radius 2 is 1.68 bits per heavy atom. The summed E-state index contributed by atoms with van der Waals surface area (Å²) in [4.78, 5) is 12.9. The average Bonchev–Trinajstić information content (AvgIpc) is 2.63. The SMILES string of the molecule is COC(C)Oc1ccc(PC(=O)c2c(C)cccc2Cl)c(OC(C)OC)c1.[LiH]. The molecule has 0 bridgehead atoms. The molecule has 0 radical (unpaired) electrons. The van der Waals surface area contributed by atoms with E-state index >= 15 is 0 Å². The van der Waals surface area contributed by atoms with Crippen molar-refractivity contribution in [1.82, 2.24) is 0 Å². The molecule has 0 aliphatic rings. The average molecular weight is 419 g/mol. The number of halogens is 1. The maximum absolute atomic E-state index is 12.9. The predicted molar refractivity (Wildman–Crippen MR) is 116 cm³/mol. The van der Waals surface area contributed by atoms with Gasteiger partial charge in [0, 0.05) is 31.2 Å². The Labute approximate surface area is 185 Å². The Morgan fingerprint density at radius 1 is 1.04 bits per heavy atom. The first-order valence-corrected chi connectivity index (χ1v) is 9.83. The van der Waals surface area contributed by atoms with Crippen LogP contribution in [0.25, 0.3) is 0 Å². The first-order valence-electron chi connectivity index (χ1n) is 8.45. The first-order chi connectivity index (χ1) is 12.8. The Morgan fingerprint density at radius 3 is 2.29 bits per heavy atom. The van der Waals surface area contributed by atoms with Crippen molar-refractivity contribution in [3.63, 3.8) is 0 Å². The van der Waals surface area contributed by atoms with Crippen molar-refractivity contribution in [2.45, 2.75) is 33.4 Å². The van der Waals surface area contributed by atoms with Crippen LogP contribution in [0.2, 0.25) is 5.02 Å². The Hall–Kier alpha value is -1.05. The van der Waals surface area contributed by atoms with Gasteiger partial charge in [0.1, 0.15) is 11.5 Å². The van der Waals surface area contributed by atoms with Crippen LogP contribution in [0.3, 0.4) is 0 Å². The molecule has 0 aliphatic carbocycles. The maximum atomic E-state index is 12.9. The number of ether oxygens (including phenoxy) is 4. The summed E-state index contributed by atoms with van der Waals surface area (Å²) in [6.07, 6.45) is -0.876. The van der Waals surface area contributed by atoms with Gasteiger partial charge in [0.15, 0.2) is 18.1 Å². The second kappa shape index (κ2) is 11.8. The van der Waals surface area contributed by atoms with Crippen LogP contribution in [0.1, 0.15) is 29.8 Å². The zero-order chi connectivity index (χ0) is 20.0. The second-order valence-corrected chi connectivity index (χ2v) is 7.54. The fraction of sp³-hybridized carbons (Fsp3) is 0.350. The van der Waals surface area contributed by atoms with Crippen LogP contribution in [-0.4, -0.2) is 51.2 Å². The Bertz CT molecular complexity index is 782. The first kappa shape index (κ1) is 25.0. The van der Waals surface area contributed by atoms with E-state index < -0.39 is 12.6 Å². The van der Waals surface area contributed by atoms with E-state index in [0.717, 1.165) is 10.9 Å². The monoisotopic (exact) mass is 418 g/mol. The van der Waals surface area contributed by atoms with Crippen molar-refractivity contribution < 1.29 is 23.7 Å². The van der Waals surface area contributed by atoms with E-state index in [9.17, 15) is 4.79 Å². The number of hydrogen-bond donors (Lipinski definition) is 0. The van der Waals surface area contributed by atoms with Crippen LogP contribution in [0.5, 0.6) is 11.5 Å². The summed E-state index contributed by atoms with van der Waals surface area (Å²) in [6.45, 7) is 5.44. The molecule has 0 spiro atoms. The molecule has 3 unspecified atom stereocenters. The number of carbonyl (C=O) groups is 1. The summed E-state index contributed by atoms with van der Waals surface area (Å²) in [7, 11) is 2.97. The molecule has 0 saturated carbocycles. The second-order valence-electron chi connectivity index (χ2n) is 5.89. The summed E-state index contributed by atoms with van der Waals surface area (Å²) in [6, 6.07) is 10.8. The van der Waals surface area contributed by atoms with Gasteiger partial charge in [0.05, 0.1) is 5.02 Å². The van der Waals surface area contributed by atoms with Gasteiger partial charge in [0.25, 0.3) is 0 Å². The summed E-state index contributed by atoms with van der Waals surface area (Å²) < 4.78 is 21.8. The molecule has 2 rings (SSSR count). The molecule has 0 fully saturated rings. The summed E-state index contributed by atoms with van der Waals surface area (Å²) in [5.74, 6) is 1.11. The zero-order valence-electron chi connectivity index (χ0n) is 16.0. The van der Waals surface area contributed by atoms with Gasteiger partial charge in [0.2, 0.25) is 0 Å². The molecule has 2 aromatic rings. The third kappa shape index (κ3) is 6.78. The summed E-state index contributed by atoms with van der Waals surface area (Å²) in [5.41, 5.74) is 1.34. The standard InChI is InChI=1S/C20H24ClO5P.Li.H/c1-12-7-6-8-16(21)19(12)20(22)27-18-10-9-15(25-13(2)23-4)11-17(18)26-14(3)24-5;;/h6-11,13-14,27H,1-5H3;;. The van der Waals surface area contributed by atoms with Crippen LogP contribution in [0, 0.1) is 6.92 Å². The van der Waals surface area contributed by atoms with E-state index in [4.69, 9.17) is 30.5 Å². The topological polar surface area (TPSA) is 54.0 Å². The molecule has 0 aliphatic heterocycles.